The smallest absolute Gasteiger partial charge is 0.0230 e. The molecule has 0 aromatic heterocycles. The van der Waals surface area contributed by atoms with Gasteiger partial charge in [-0.05, 0) is 51.0 Å². The Morgan fingerprint density at radius 2 is 1.38 bits per heavy atom. The summed E-state index contributed by atoms with van der Waals surface area (Å²) in [5, 5.41) is 0. The van der Waals surface area contributed by atoms with E-state index in [1.54, 1.807) is 0 Å². The first-order valence-electron chi connectivity index (χ1n) is 5.38. The molecule has 0 bridgehead atoms. The standard InChI is InChI=1S/C13H19/c1-2-4-6-8-10-12-13-11-9-7-5-3-1/h1-2,9,12-13H,3-8,10H2. The van der Waals surface area contributed by atoms with Crippen molar-refractivity contribution in [1.29, 1.82) is 0 Å². The van der Waals surface area contributed by atoms with Gasteiger partial charge in [0.15, 0.2) is 0 Å². The van der Waals surface area contributed by atoms with E-state index in [2.05, 4.69) is 36.5 Å². The second-order valence-corrected chi connectivity index (χ2v) is 3.46. The fourth-order valence-corrected chi connectivity index (χ4v) is 1.40. The van der Waals surface area contributed by atoms with Crippen LogP contribution in [-0.2, 0) is 0 Å². The van der Waals surface area contributed by atoms with E-state index < -0.39 is 0 Å². The quantitative estimate of drug-likeness (QED) is 0.484. The minimum Gasteiger partial charge on any atom is -0.0885 e. The molecule has 0 spiro atoms. The van der Waals surface area contributed by atoms with Crippen molar-refractivity contribution in [2.24, 2.45) is 0 Å². The molecule has 13 heavy (non-hydrogen) atoms. The van der Waals surface area contributed by atoms with Gasteiger partial charge < -0.3 is 0 Å². The third kappa shape index (κ3) is 6.39. The molecule has 1 aliphatic carbocycles. The van der Waals surface area contributed by atoms with Gasteiger partial charge in [-0.15, -0.1) is 0 Å². The van der Waals surface area contributed by atoms with E-state index in [1.807, 2.05) is 0 Å². The van der Waals surface area contributed by atoms with Crippen molar-refractivity contribution in [2.75, 3.05) is 0 Å². The lowest BCUT2D eigenvalue weighted by Crippen LogP contribution is -1.72. The highest BCUT2D eigenvalue weighted by molar-refractivity contribution is 4.95. The Hall–Kier alpha value is -0.780. The van der Waals surface area contributed by atoms with Crippen LogP contribution in [0.1, 0.15) is 44.9 Å². The summed E-state index contributed by atoms with van der Waals surface area (Å²) in [6.45, 7) is 0. The van der Waals surface area contributed by atoms with Crippen LogP contribution in [-0.4, -0.2) is 0 Å². The fourth-order valence-electron chi connectivity index (χ4n) is 1.40. The predicted molar refractivity (Wildman–Crippen MR) is 58.4 cm³/mol. The summed E-state index contributed by atoms with van der Waals surface area (Å²) in [6, 6.07) is 0. The molecule has 0 saturated heterocycles. The first kappa shape index (κ1) is 10.3. The first-order chi connectivity index (χ1) is 6.50. The minimum atomic E-state index is 1.16. The fraction of sp³-hybridized carbons (Fsp3) is 0.538. The molecular formula is C13H19. The van der Waals surface area contributed by atoms with Gasteiger partial charge in [-0.2, -0.15) is 0 Å². The van der Waals surface area contributed by atoms with Gasteiger partial charge in [0.1, 0.15) is 0 Å². The maximum Gasteiger partial charge on any atom is -0.0230 e. The number of rotatable bonds is 0. The second kappa shape index (κ2) is 7.85. The van der Waals surface area contributed by atoms with Crippen molar-refractivity contribution >= 4 is 0 Å². The van der Waals surface area contributed by atoms with E-state index in [0.29, 0.717) is 0 Å². The Morgan fingerprint density at radius 1 is 0.692 bits per heavy atom. The molecule has 0 amide bonds. The Labute approximate surface area is 82.0 Å². The SMILES string of the molecule is [C]1=CCCCC=CCCCCC=C1. The Bertz CT molecular complexity index is 184. The Morgan fingerprint density at radius 3 is 2.23 bits per heavy atom. The topological polar surface area (TPSA) is 0 Å². The van der Waals surface area contributed by atoms with Gasteiger partial charge in [0, 0.05) is 0 Å². The van der Waals surface area contributed by atoms with Crippen LogP contribution in [0.5, 0.6) is 0 Å². The van der Waals surface area contributed by atoms with Gasteiger partial charge in [0.25, 0.3) is 0 Å². The lowest BCUT2D eigenvalue weighted by molar-refractivity contribution is 0.759. The van der Waals surface area contributed by atoms with Crippen LogP contribution in [0.3, 0.4) is 0 Å². The molecule has 71 valence electrons. The summed E-state index contributed by atoms with van der Waals surface area (Å²) >= 11 is 0. The van der Waals surface area contributed by atoms with Gasteiger partial charge in [-0.1, -0.05) is 30.4 Å². The van der Waals surface area contributed by atoms with Gasteiger partial charge >= 0.3 is 0 Å². The minimum absolute atomic E-state index is 1.16. The lowest BCUT2D eigenvalue weighted by atomic mass is 10.1. The summed E-state index contributed by atoms with van der Waals surface area (Å²) in [5.41, 5.74) is 0. The van der Waals surface area contributed by atoms with Crippen molar-refractivity contribution in [2.45, 2.75) is 44.9 Å². The van der Waals surface area contributed by atoms with Gasteiger partial charge in [-0.25, -0.2) is 0 Å². The maximum absolute atomic E-state index is 3.19. The summed E-state index contributed by atoms with van der Waals surface area (Å²) in [5.74, 6) is 0. The lowest BCUT2D eigenvalue weighted by Gasteiger charge is -1.92. The molecule has 0 unspecified atom stereocenters. The zero-order valence-electron chi connectivity index (χ0n) is 8.34. The normalized spacial score (nSPS) is 20.3. The highest BCUT2D eigenvalue weighted by Gasteiger charge is 1.85. The van der Waals surface area contributed by atoms with E-state index in [-0.39, 0.29) is 0 Å². The van der Waals surface area contributed by atoms with E-state index in [0.717, 1.165) is 6.42 Å². The third-order valence-corrected chi connectivity index (χ3v) is 2.21. The molecule has 0 saturated carbocycles. The molecule has 1 aliphatic rings. The average molecular weight is 175 g/mol. The average Bonchev–Trinajstić information content (AvgIpc) is 2.18. The van der Waals surface area contributed by atoms with Crippen LogP contribution in [0, 0.1) is 6.08 Å². The van der Waals surface area contributed by atoms with Crippen molar-refractivity contribution in [1.82, 2.24) is 0 Å². The highest BCUT2D eigenvalue weighted by Crippen LogP contribution is 2.05. The number of hydrogen-bond acceptors (Lipinski definition) is 0. The largest absolute Gasteiger partial charge is 0.0885 e. The predicted octanol–water partition coefficient (Wildman–Crippen LogP) is 4.20. The molecule has 0 aromatic carbocycles. The summed E-state index contributed by atoms with van der Waals surface area (Å²) < 4.78 is 0. The Kier molecular flexibility index (Phi) is 6.22. The molecule has 0 aromatic rings. The second-order valence-electron chi connectivity index (χ2n) is 3.46. The molecule has 0 heteroatoms. The van der Waals surface area contributed by atoms with Crippen molar-refractivity contribution in [3.8, 4) is 0 Å². The molecule has 0 nitrogen and oxygen atoms in total. The number of hydrogen-bond donors (Lipinski definition) is 0. The maximum atomic E-state index is 3.19. The molecule has 0 N–H and O–H groups in total. The van der Waals surface area contributed by atoms with Crippen LogP contribution in [0.25, 0.3) is 0 Å². The van der Waals surface area contributed by atoms with Crippen LogP contribution in [0.4, 0.5) is 0 Å². The van der Waals surface area contributed by atoms with Crippen molar-refractivity contribution in [3.63, 3.8) is 0 Å². The third-order valence-electron chi connectivity index (χ3n) is 2.21. The molecular weight excluding hydrogens is 156 g/mol. The van der Waals surface area contributed by atoms with Gasteiger partial charge in [0.05, 0.1) is 0 Å². The monoisotopic (exact) mass is 175 g/mol. The Balaban J connectivity index is 2.28. The van der Waals surface area contributed by atoms with E-state index in [9.17, 15) is 0 Å². The summed E-state index contributed by atoms with van der Waals surface area (Å²) in [4.78, 5) is 0. The highest BCUT2D eigenvalue weighted by atomic mass is 13.9. The summed E-state index contributed by atoms with van der Waals surface area (Å²) in [7, 11) is 0. The molecule has 1 rings (SSSR count). The van der Waals surface area contributed by atoms with E-state index in [1.165, 1.54) is 38.5 Å². The molecule has 0 heterocycles. The summed E-state index contributed by atoms with van der Waals surface area (Å²) in [6.07, 6.45) is 23.0. The van der Waals surface area contributed by atoms with Crippen LogP contribution < -0.4 is 0 Å². The van der Waals surface area contributed by atoms with Crippen LogP contribution >= 0.6 is 0 Å². The molecule has 0 atom stereocenters. The van der Waals surface area contributed by atoms with Crippen LogP contribution in [0.2, 0.25) is 0 Å². The van der Waals surface area contributed by atoms with Crippen molar-refractivity contribution < 1.29 is 0 Å². The first-order valence-corrected chi connectivity index (χ1v) is 5.38. The van der Waals surface area contributed by atoms with Gasteiger partial charge in [-0.3, -0.25) is 0 Å². The zero-order valence-corrected chi connectivity index (χ0v) is 8.34. The van der Waals surface area contributed by atoms with Crippen LogP contribution in [0.15, 0.2) is 30.4 Å². The molecule has 1 radical (unpaired) electrons. The van der Waals surface area contributed by atoms with Crippen molar-refractivity contribution in [3.05, 3.63) is 36.5 Å². The van der Waals surface area contributed by atoms with Gasteiger partial charge in [0.2, 0.25) is 0 Å². The molecule has 0 fully saturated rings. The zero-order chi connectivity index (χ0) is 9.19. The van der Waals surface area contributed by atoms with E-state index in [4.69, 9.17) is 0 Å². The molecule has 0 aliphatic heterocycles. The number of allylic oxidation sites excluding steroid dienone is 6. The van der Waals surface area contributed by atoms with E-state index >= 15 is 0 Å².